The number of imidazole rings is 1. The van der Waals surface area contributed by atoms with Gasteiger partial charge in [-0.15, -0.1) is 5.10 Å². The van der Waals surface area contributed by atoms with E-state index < -0.39 is 0 Å². The molecule has 1 aliphatic heterocycles. The molecule has 0 atom stereocenters. The van der Waals surface area contributed by atoms with E-state index in [1.54, 1.807) is 0 Å². The molecule has 0 aromatic carbocycles. The third-order valence-electron chi connectivity index (χ3n) is 3.72. The van der Waals surface area contributed by atoms with Gasteiger partial charge in [0.1, 0.15) is 5.82 Å². The van der Waals surface area contributed by atoms with Crippen LogP contribution in [0.25, 0.3) is 11.7 Å². The Kier molecular flexibility index (Phi) is 4.50. The van der Waals surface area contributed by atoms with E-state index in [0.717, 1.165) is 49.9 Å². The van der Waals surface area contributed by atoms with Crippen molar-refractivity contribution in [3.63, 3.8) is 0 Å². The van der Waals surface area contributed by atoms with Crippen LogP contribution in [0.2, 0.25) is 0 Å². The van der Waals surface area contributed by atoms with Gasteiger partial charge < -0.3 is 9.64 Å². The van der Waals surface area contributed by atoms with Crippen LogP contribution in [-0.4, -0.2) is 40.9 Å². The molecule has 1 aliphatic rings. The summed E-state index contributed by atoms with van der Waals surface area (Å²) in [6, 6.07) is 4.07. The zero-order chi connectivity index (χ0) is 14.5. The molecule has 0 radical (unpaired) electrons. The first kappa shape index (κ1) is 14.1. The second-order valence-corrected chi connectivity index (χ2v) is 5.29. The standard InChI is InChI=1S/C16H22N4O/c1-2-3-4-5-6-14-13-17-15-7-8-16(18-20(14)15)19-9-11-21-12-10-19/h5-8,13H,2-4,9-12H2,1H3. The van der Waals surface area contributed by atoms with Crippen LogP contribution < -0.4 is 4.90 Å². The van der Waals surface area contributed by atoms with Crippen molar-refractivity contribution in [3.05, 3.63) is 30.1 Å². The van der Waals surface area contributed by atoms with Crippen molar-refractivity contribution in [2.45, 2.75) is 26.2 Å². The van der Waals surface area contributed by atoms with Gasteiger partial charge >= 0.3 is 0 Å². The molecule has 21 heavy (non-hydrogen) atoms. The summed E-state index contributed by atoms with van der Waals surface area (Å²) in [6.45, 7) is 5.54. The van der Waals surface area contributed by atoms with Crippen LogP contribution in [0.4, 0.5) is 5.82 Å². The molecule has 0 bridgehead atoms. The SMILES string of the molecule is CCCCC=Cc1cnc2ccc(N3CCOCC3)nn12. The molecule has 0 saturated carbocycles. The lowest BCUT2D eigenvalue weighted by molar-refractivity contribution is 0.122. The molecule has 1 fully saturated rings. The van der Waals surface area contributed by atoms with Gasteiger partial charge in [0.15, 0.2) is 5.65 Å². The zero-order valence-electron chi connectivity index (χ0n) is 12.5. The summed E-state index contributed by atoms with van der Waals surface area (Å²) < 4.78 is 7.32. The molecular weight excluding hydrogens is 264 g/mol. The highest BCUT2D eigenvalue weighted by atomic mass is 16.5. The van der Waals surface area contributed by atoms with Crippen LogP contribution in [0.5, 0.6) is 0 Å². The van der Waals surface area contributed by atoms with Gasteiger partial charge in [-0.2, -0.15) is 0 Å². The van der Waals surface area contributed by atoms with E-state index in [1.165, 1.54) is 12.8 Å². The summed E-state index contributed by atoms with van der Waals surface area (Å²) >= 11 is 0. The minimum atomic E-state index is 0.771. The molecule has 0 N–H and O–H groups in total. The van der Waals surface area contributed by atoms with Crippen molar-refractivity contribution < 1.29 is 4.74 Å². The predicted octanol–water partition coefficient (Wildman–Crippen LogP) is 2.77. The second kappa shape index (κ2) is 6.72. The number of hydrogen-bond acceptors (Lipinski definition) is 4. The third kappa shape index (κ3) is 3.24. The van der Waals surface area contributed by atoms with E-state index in [1.807, 2.05) is 22.8 Å². The van der Waals surface area contributed by atoms with E-state index in [0.29, 0.717) is 0 Å². The van der Waals surface area contributed by atoms with Gasteiger partial charge in [0, 0.05) is 13.1 Å². The fourth-order valence-electron chi connectivity index (χ4n) is 2.48. The molecule has 0 amide bonds. The largest absolute Gasteiger partial charge is 0.378 e. The molecule has 0 unspecified atom stereocenters. The number of rotatable bonds is 5. The molecule has 5 heteroatoms. The first-order chi connectivity index (χ1) is 10.4. The van der Waals surface area contributed by atoms with Gasteiger partial charge in [-0.1, -0.05) is 25.8 Å². The van der Waals surface area contributed by atoms with Gasteiger partial charge in [0.25, 0.3) is 0 Å². The summed E-state index contributed by atoms with van der Waals surface area (Å²) in [5.41, 5.74) is 1.93. The molecular formula is C16H22N4O. The maximum atomic E-state index is 5.39. The van der Waals surface area contributed by atoms with Crippen molar-refractivity contribution in [3.8, 4) is 0 Å². The summed E-state index contributed by atoms with van der Waals surface area (Å²) in [7, 11) is 0. The summed E-state index contributed by atoms with van der Waals surface area (Å²) in [5.74, 6) is 0.993. The van der Waals surface area contributed by atoms with Gasteiger partial charge in [0.05, 0.1) is 25.1 Å². The second-order valence-electron chi connectivity index (χ2n) is 5.29. The third-order valence-corrected chi connectivity index (χ3v) is 3.72. The van der Waals surface area contributed by atoms with Gasteiger partial charge in [0.2, 0.25) is 0 Å². The van der Waals surface area contributed by atoms with E-state index in [4.69, 9.17) is 9.84 Å². The Labute approximate surface area is 125 Å². The number of aromatic nitrogens is 3. The Morgan fingerprint density at radius 2 is 2.14 bits per heavy atom. The first-order valence-electron chi connectivity index (χ1n) is 7.72. The van der Waals surface area contributed by atoms with Crippen molar-refractivity contribution in [1.82, 2.24) is 14.6 Å². The van der Waals surface area contributed by atoms with E-state index in [2.05, 4.69) is 29.0 Å². The number of anilines is 1. The normalized spacial score (nSPS) is 16.1. The van der Waals surface area contributed by atoms with Crippen LogP contribution >= 0.6 is 0 Å². The number of unbranched alkanes of at least 4 members (excludes halogenated alkanes) is 2. The van der Waals surface area contributed by atoms with E-state index >= 15 is 0 Å². The lowest BCUT2D eigenvalue weighted by atomic mass is 10.2. The summed E-state index contributed by atoms with van der Waals surface area (Å²) in [6.07, 6.45) is 9.75. The van der Waals surface area contributed by atoms with Crippen molar-refractivity contribution in [2.24, 2.45) is 0 Å². The summed E-state index contributed by atoms with van der Waals surface area (Å²) in [5, 5.41) is 4.73. The topological polar surface area (TPSA) is 42.7 Å². The maximum absolute atomic E-state index is 5.39. The highest BCUT2D eigenvalue weighted by Gasteiger charge is 2.13. The number of hydrogen-bond donors (Lipinski definition) is 0. The molecule has 2 aromatic heterocycles. The fourth-order valence-corrected chi connectivity index (χ4v) is 2.48. The Hall–Kier alpha value is -1.88. The molecule has 2 aromatic rings. The van der Waals surface area contributed by atoms with Crippen LogP contribution in [-0.2, 0) is 4.74 Å². The van der Waals surface area contributed by atoms with Crippen molar-refractivity contribution in [2.75, 3.05) is 31.2 Å². The average Bonchev–Trinajstić information content (AvgIpc) is 2.95. The zero-order valence-corrected chi connectivity index (χ0v) is 12.5. The quantitative estimate of drug-likeness (QED) is 0.793. The fraction of sp³-hybridized carbons (Fsp3) is 0.500. The number of fused-ring (bicyclic) bond motifs is 1. The lowest BCUT2D eigenvalue weighted by Crippen LogP contribution is -2.37. The summed E-state index contributed by atoms with van der Waals surface area (Å²) in [4.78, 5) is 6.67. The maximum Gasteiger partial charge on any atom is 0.154 e. The Morgan fingerprint density at radius 1 is 1.29 bits per heavy atom. The lowest BCUT2D eigenvalue weighted by Gasteiger charge is -2.27. The Morgan fingerprint density at radius 3 is 2.95 bits per heavy atom. The van der Waals surface area contributed by atoms with Crippen LogP contribution in [0.3, 0.4) is 0 Å². The molecule has 3 rings (SSSR count). The van der Waals surface area contributed by atoms with Gasteiger partial charge in [-0.3, -0.25) is 0 Å². The minimum Gasteiger partial charge on any atom is -0.378 e. The Balaban J connectivity index is 1.83. The molecule has 0 aliphatic carbocycles. The molecule has 112 valence electrons. The van der Waals surface area contributed by atoms with Crippen LogP contribution in [0.1, 0.15) is 31.9 Å². The molecule has 0 spiro atoms. The first-order valence-corrected chi connectivity index (χ1v) is 7.72. The molecule has 5 nitrogen and oxygen atoms in total. The van der Waals surface area contributed by atoms with E-state index in [-0.39, 0.29) is 0 Å². The number of allylic oxidation sites excluding steroid dienone is 1. The minimum absolute atomic E-state index is 0.771. The smallest absolute Gasteiger partial charge is 0.154 e. The number of nitrogens with zero attached hydrogens (tertiary/aromatic N) is 4. The van der Waals surface area contributed by atoms with E-state index in [9.17, 15) is 0 Å². The molecule has 1 saturated heterocycles. The molecule has 3 heterocycles. The van der Waals surface area contributed by atoms with Gasteiger partial charge in [-0.05, 0) is 24.6 Å². The highest BCUT2D eigenvalue weighted by molar-refractivity contribution is 5.53. The average molecular weight is 286 g/mol. The Bertz CT molecular complexity index is 614. The van der Waals surface area contributed by atoms with Crippen LogP contribution in [0.15, 0.2) is 24.4 Å². The number of morpholine rings is 1. The van der Waals surface area contributed by atoms with Gasteiger partial charge in [-0.25, -0.2) is 9.50 Å². The monoisotopic (exact) mass is 286 g/mol. The van der Waals surface area contributed by atoms with Crippen molar-refractivity contribution in [1.29, 1.82) is 0 Å². The van der Waals surface area contributed by atoms with Crippen molar-refractivity contribution >= 4 is 17.5 Å². The predicted molar refractivity (Wildman–Crippen MR) is 84.6 cm³/mol. The van der Waals surface area contributed by atoms with Crippen LogP contribution in [0, 0.1) is 0 Å². The number of ether oxygens (including phenoxy) is 1. The highest BCUT2D eigenvalue weighted by Crippen LogP contribution is 2.15.